The molecule has 11 heavy (non-hydrogen) atoms. The van der Waals surface area contributed by atoms with E-state index in [-0.39, 0.29) is 0 Å². The van der Waals surface area contributed by atoms with E-state index in [0.29, 0.717) is 6.42 Å². The number of benzene rings is 1. The van der Waals surface area contributed by atoms with Crippen LogP contribution in [0, 0.1) is 0 Å². The van der Waals surface area contributed by atoms with Crippen molar-refractivity contribution in [3.05, 3.63) is 35.9 Å². The Labute approximate surface area is 69.5 Å². The quantitative estimate of drug-likeness (QED) is 0.666. The Morgan fingerprint density at radius 3 is 2.64 bits per heavy atom. The van der Waals surface area contributed by atoms with Crippen molar-refractivity contribution >= 4 is 0 Å². The normalized spacial score (nSPS) is 16.9. The van der Waals surface area contributed by atoms with Gasteiger partial charge in [-0.2, -0.15) is 0 Å². The summed E-state index contributed by atoms with van der Waals surface area (Å²) in [5, 5.41) is 8.96. The molecule has 0 saturated carbocycles. The van der Waals surface area contributed by atoms with Crippen LogP contribution in [-0.4, -0.2) is 17.7 Å². The molecule has 0 spiro atoms. The maximum Gasteiger partial charge on any atom is 0.0585 e. The monoisotopic (exact) mass is 153 g/mol. The van der Waals surface area contributed by atoms with E-state index in [4.69, 9.17) is 13.6 Å². The Morgan fingerprint density at radius 2 is 2.09 bits per heavy atom. The van der Waals surface area contributed by atoms with Crippen LogP contribution in [0.15, 0.2) is 30.3 Å². The third-order valence-electron chi connectivity index (χ3n) is 1.46. The van der Waals surface area contributed by atoms with Crippen LogP contribution < -0.4 is 5.73 Å². The standard InChI is InChI=1S/C9H13NO/c10-9(7-11)6-8-4-2-1-3-5-8/h1-5,9,11H,6-7,10H2/t9-/m1/s1/i7D2. The van der Waals surface area contributed by atoms with E-state index in [1.165, 1.54) is 0 Å². The van der Waals surface area contributed by atoms with Crippen LogP contribution in [0.4, 0.5) is 0 Å². The lowest BCUT2D eigenvalue weighted by molar-refractivity contribution is 0.265. The summed E-state index contributed by atoms with van der Waals surface area (Å²) in [4.78, 5) is 0. The van der Waals surface area contributed by atoms with E-state index in [0.717, 1.165) is 5.56 Å². The average molecular weight is 153 g/mol. The zero-order chi connectivity index (χ0) is 9.90. The highest BCUT2D eigenvalue weighted by atomic mass is 16.3. The van der Waals surface area contributed by atoms with Crippen molar-refractivity contribution in [2.75, 3.05) is 6.56 Å². The maximum atomic E-state index is 8.96. The molecular formula is C9H13NO. The highest BCUT2D eigenvalue weighted by Gasteiger charge is 1.99. The molecule has 2 nitrogen and oxygen atoms in total. The van der Waals surface area contributed by atoms with Gasteiger partial charge in [-0.15, -0.1) is 0 Å². The highest BCUT2D eigenvalue weighted by Crippen LogP contribution is 2.00. The lowest BCUT2D eigenvalue weighted by Crippen LogP contribution is -2.26. The molecule has 0 aliphatic rings. The fraction of sp³-hybridized carbons (Fsp3) is 0.333. The van der Waals surface area contributed by atoms with E-state index >= 15 is 0 Å². The third kappa shape index (κ3) is 2.70. The van der Waals surface area contributed by atoms with Gasteiger partial charge in [0.05, 0.1) is 9.30 Å². The van der Waals surface area contributed by atoms with E-state index in [1.54, 1.807) is 0 Å². The Kier molecular flexibility index (Phi) is 2.15. The summed E-state index contributed by atoms with van der Waals surface area (Å²) in [5.74, 6) is 0. The Bertz CT molecular complexity index is 258. The van der Waals surface area contributed by atoms with Gasteiger partial charge in [0.25, 0.3) is 0 Å². The van der Waals surface area contributed by atoms with Gasteiger partial charge in [0.2, 0.25) is 0 Å². The minimum absolute atomic E-state index is 0.338. The zero-order valence-electron chi connectivity index (χ0n) is 8.20. The van der Waals surface area contributed by atoms with Crippen LogP contribution >= 0.6 is 0 Å². The molecule has 1 aromatic rings. The predicted octanol–water partition coefficient (Wildman–Crippen LogP) is 0.549. The molecule has 2 heteroatoms. The first-order valence-electron chi connectivity index (χ1n) is 4.52. The third-order valence-corrected chi connectivity index (χ3v) is 1.46. The molecule has 1 aromatic carbocycles. The summed E-state index contributed by atoms with van der Waals surface area (Å²) < 4.78 is 14.0. The van der Waals surface area contributed by atoms with Gasteiger partial charge >= 0.3 is 0 Å². The van der Waals surface area contributed by atoms with Gasteiger partial charge in [0, 0.05) is 6.04 Å². The van der Waals surface area contributed by atoms with Gasteiger partial charge in [-0.3, -0.25) is 0 Å². The molecule has 0 saturated heterocycles. The van der Waals surface area contributed by atoms with Crippen molar-refractivity contribution in [2.24, 2.45) is 5.73 Å². The summed E-state index contributed by atoms with van der Waals surface area (Å²) in [6, 6.07) is 8.42. The van der Waals surface area contributed by atoms with Gasteiger partial charge in [0.1, 0.15) is 0 Å². The van der Waals surface area contributed by atoms with Crippen LogP contribution in [0.25, 0.3) is 0 Å². The van der Waals surface area contributed by atoms with Crippen LogP contribution in [0.3, 0.4) is 0 Å². The minimum Gasteiger partial charge on any atom is -0.395 e. The lowest BCUT2D eigenvalue weighted by atomic mass is 10.1. The predicted molar refractivity (Wildman–Crippen MR) is 45.2 cm³/mol. The molecule has 0 aliphatic carbocycles. The molecule has 0 radical (unpaired) electrons. The molecule has 0 amide bonds. The largest absolute Gasteiger partial charge is 0.395 e. The van der Waals surface area contributed by atoms with Gasteiger partial charge in [0.15, 0.2) is 0 Å². The number of aliphatic hydroxyl groups is 1. The van der Waals surface area contributed by atoms with Crippen molar-refractivity contribution in [3.8, 4) is 0 Å². The SMILES string of the molecule is [2H]C([2H])(O)[C@H](N)Cc1ccccc1. The van der Waals surface area contributed by atoms with E-state index in [9.17, 15) is 0 Å². The fourth-order valence-corrected chi connectivity index (χ4v) is 0.914. The van der Waals surface area contributed by atoms with Crippen molar-refractivity contribution in [1.29, 1.82) is 0 Å². The number of hydrogen-bond donors (Lipinski definition) is 2. The molecule has 0 bridgehead atoms. The smallest absolute Gasteiger partial charge is 0.0585 e. The van der Waals surface area contributed by atoms with Crippen molar-refractivity contribution in [1.82, 2.24) is 0 Å². The first-order valence-corrected chi connectivity index (χ1v) is 3.52. The van der Waals surface area contributed by atoms with Crippen molar-refractivity contribution in [3.63, 3.8) is 0 Å². The Balaban J connectivity index is 2.61. The second-order valence-electron chi connectivity index (χ2n) is 2.43. The molecule has 0 unspecified atom stereocenters. The van der Waals surface area contributed by atoms with Gasteiger partial charge in [-0.05, 0) is 12.0 Å². The molecule has 0 fully saturated rings. The molecule has 3 N–H and O–H groups in total. The van der Waals surface area contributed by atoms with E-state index < -0.39 is 12.6 Å². The summed E-state index contributed by atoms with van der Waals surface area (Å²) in [6.45, 7) is -2.31. The average Bonchev–Trinajstić information content (AvgIpc) is 2.04. The van der Waals surface area contributed by atoms with Crippen LogP contribution in [0.1, 0.15) is 8.30 Å². The summed E-state index contributed by atoms with van der Waals surface area (Å²) in [5.41, 5.74) is 6.38. The lowest BCUT2D eigenvalue weighted by Gasteiger charge is -2.06. The molecule has 60 valence electrons. The topological polar surface area (TPSA) is 46.2 Å². The molecule has 0 aliphatic heterocycles. The highest BCUT2D eigenvalue weighted by molar-refractivity contribution is 5.15. The van der Waals surface area contributed by atoms with E-state index in [1.807, 2.05) is 30.3 Å². The van der Waals surface area contributed by atoms with Crippen LogP contribution in [0.5, 0.6) is 0 Å². The Hall–Kier alpha value is -0.860. The van der Waals surface area contributed by atoms with Gasteiger partial charge in [-0.1, -0.05) is 30.3 Å². The molecular weight excluding hydrogens is 138 g/mol. The van der Waals surface area contributed by atoms with Gasteiger partial charge in [-0.25, -0.2) is 0 Å². The molecule has 1 atom stereocenters. The van der Waals surface area contributed by atoms with Crippen LogP contribution in [0.2, 0.25) is 0 Å². The number of nitrogens with two attached hydrogens (primary N) is 1. The van der Waals surface area contributed by atoms with Crippen molar-refractivity contribution in [2.45, 2.75) is 12.5 Å². The summed E-state index contributed by atoms with van der Waals surface area (Å²) in [6.07, 6.45) is 0.338. The van der Waals surface area contributed by atoms with Crippen molar-refractivity contribution < 1.29 is 7.85 Å². The molecule has 0 heterocycles. The second-order valence-corrected chi connectivity index (χ2v) is 2.43. The van der Waals surface area contributed by atoms with Gasteiger partial charge < -0.3 is 10.8 Å². The fourth-order valence-electron chi connectivity index (χ4n) is 0.914. The van der Waals surface area contributed by atoms with Crippen LogP contribution in [-0.2, 0) is 6.42 Å². The summed E-state index contributed by atoms with van der Waals surface area (Å²) in [7, 11) is 0. The maximum absolute atomic E-state index is 8.96. The minimum atomic E-state index is -2.31. The first-order chi connectivity index (χ1) is 6.00. The van der Waals surface area contributed by atoms with E-state index in [2.05, 4.69) is 0 Å². The molecule has 1 rings (SSSR count). The first kappa shape index (κ1) is 5.75. The second kappa shape index (κ2) is 4.11. The zero-order valence-corrected chi connectivity index (χ0v) is 6.20. The molecule has 0 aromatic heterocycles. The summed E-state index contributed by atoms with van der Waals surface area (Å²) >= 11 is 0. The number of rotatable bonds is 3. The number of hydrogen-bond acceptors (Lipinski definition) is 2. The Morgan fingerprint density at radius 1 is 1.45 bits per heavy atom.